The van der Waals surface area contributed by atoms with Gasteiger partial charge in [-0.05, 0) is 62.9 Å². The first-order chi connectivity index (χ1) is 13.0. The Bertz CT molecular complexity index is 917. The molecule has 0 spiro atoms. The SMILES string of the molecule is CC[C@@H](NC(=O)[C@H](C)N(c1cc(C)cc(C)c1)S(C)(=O)=O)c1ccc(C)cc1. The van der Waals surface area contributed by atoms with Gasteiger partial charge in [-0.2, -0.15) is 0 Å². The van der Waals surface area contributed by atoms with Crippen molar-refractivity contribution in [1.82, 2.24) is 5.32 Å². The second-order valence-corrected chi connectivity index (χ2v) is 9.32. The minimum atomic E-state index is -3.64. The van der Waals surface area contributed by atoms with Gasteiger partial charge in [-0.25, -0.2) is 8.42 Å². The molecule has 2 aromatic carbocycles. The highest BCUT2D eigenvalue weighted by Gasteiger charge is 2.30. The molecule has 2 atom stereocenters. The summed E-state index contributed by atoms with van der Waals surface area (Å²) in [4.78, 5) is 13.0. The smallest absolute Gasteiger partial charge is 0.244 e. The van der Waals surface area contributed by atoms with E-state index in [0.29, 0.717) is 12.1 Å². The summed E-state index contributed by atoms with van der Waals surface area (Å²) in [5.41, 5.74) is 4.55. The number of hydrogen-bond donors (Lipinski definition) is 1. The fourth-order valence-electron chi connectivity index (χ4n) is 3.40. The largest absolute Gasteiger partial charge is 0.347 e. The highest BCUT2D eigenvalue weighted by molar-refractivity contribution is 7.92. The first kappa shape index (κ1) is 22.0. The fourth-order valence-corrected chi connectivity index (χ4v) is 4.56. The maximum Gasteiger partial charge on any atom is 0.244 e. The summed E-state index contributed by atoms with van der Waals surface area (Å²) in [7, 11) is -3.64. The summed E-state index contributed by atoms with van der Waals surface area (Å²) in [5, 5.41) is 3.01. The van der Waals surface area contributed by atoms with Crippen molar-refractivity contribution < 1.29 is 13.2 Å². The summed E-state index contributed by atoms with van der Waals surface area (Å²) >= 11 is 0. The number of nitrogens with one attached hydrogen (secondary N) is 1. The summed E-state index contributed by atoms with van der Waals surface area (Å²) in [6, 6.07) is 12.5. The van der Waals surface area contributed by atoms with Crippen molar-refractivity contribution in [3.05, 3.63) is 64.7 Å². The number of aryl methyl sites for hydroxylation is 3. The van der Waals surface area contributed by atoms with Crippen LogP contribution < -0.4 is 9.62 Å². The van der Waals surface area contributed by atoms with Crippen molar-refractivity contribution in [2.24, 2.45) is 0 Å². The highest BCUT2D eigenvalue weighted by atomic mass is 32.2. The standard InChI is InChI=1S/C22H30N2O3S/c1-7-21(19-10-8-15(2)9-11-19)23-22(25)18(5)24(28(6,26)27)20-13-16(3)12-17(4)14-20/h8-14,18,21H,7H2,1-6H3,(H,23,25)/t18-,21+/m0/s1. The first-order valence-electron chi connectivity index (χ1n) is 9.47. The van der Waals surface area contributed by atoms with Crippen molar-refractivity contribution in [2.75, 3.05) is 10.6 Å². The number of benzene rings is 2. The number of carbonyl (C=O) groups is 1. The Balaban J connectivity index is 2.31. The fraction of sp³-hybridized carbons (Fsp3) is 0.409. The zero-order chi connectivity index (χ0) is 21.1. The average Bonchev–Trinajstić information content (AvgIpc) is 2.58. The molecule has 1 N–H and O–H groups in total. The number of nitrogens with zero attached hydrogens (tertiary/aromatic N) is 1. The molecule has 0 fully saturated rings. The van der Waals surface area contributed by atoms with Crippen molar-refractivity contribution in [3.8, 4) is 0 Å². The van der Waals surface area contributed by atoms with Gasteiger partial charge in [0.05, 0.1) is 18.0 Å². The number of amides is 1. The lowest BCUT2D eigenvalue weighted by Crippen LogP contribution is -2.48. The molecule has 1 amide bonds. The Morgan fingerprint density at radius 1 is 1.00 bits per heavy atom. The molecular formula is C22H30N2O3S. The minimum absolute atomic E-state index is 0.170. The van der Waals surface area contributed by atoms with Gasteiger partial charge in [0.2, 0.25) is 15.9 Å². The second-order valence-electron chi connectivity index (χ2n) is 7.46. The predicted molar refractivity (Wildman–Crippen MR) is 115 cm³/mol. The van der Waals surface area contributed by atoms with E-state index in [4.69, 9.17) is 0 Å². The molecule has 0 radical (unpaired) electrons. The van der Waals surface area contributed by atoms with Gasteiger partial charge in [0, 0.05) is 0 Å². The van der Waals surface area contributed by atoms with E-state index in [1.807, 2.05) is 58.0 Å². The minimum Gasteiger partial charge on any atom is -0.347 e. The van der Waals surface area contributed by atoms with Crippen molar-refractivity contribution in [2.45, 2.75) is 53.1 Å². The Kier molecular flexibility index (Phi) is 6.88. The summed E-state index contributed by atoms with van der Waals surface area (Å²) < 4.78 is 26.2. The van der Waals surface area contributed by atoms with E-state index in [-0.39, 0.29) is 11.9 Å². The molecule has 28 heavy (non-hydrogen) atoms. The van der Waals surface area contributed by atoms with Crippen LogP contribution in [0.1, 0.15) is 48.6 Å². The van der Waals surface area contributed by atoms with Gasteiger partial charge in [0.15, 0.2) is 0 Å². The van der Waals surface area contributed by atoms with Crippen molar-refractivity contribution in [3.63, 3.8) is 0 Å². The van der Waals surface area contributed by atoms with Gasteiger partial charge < -0.3 is 5.32 Å². The van der Waals surface area contributed by atoms with E-state index < -0.39 is 16.1 Å². The van der Waals surface area contributed by atoms with Crippen molar-refractivity contribution >= 4 is 21.6 Å². The Hall–Kier alpha value is -2.34. The third-order valence-electron chi connectivity index (χ3n) is 4.75. The van der Waals surface area contributed by atoms with E-state index in [0.717, 1.165) is 28.5 Å². The van der Waals surface area contributed by atoms with Crippen LogP contribution in [0.15, 0.2) is 42.5 Å². The molecule has 2 aromatic rings. The monoisotopic (exact) mass is 402 g/mol. The van der Waals surface area contributed by atoms with Gasteiger partial charge in [0.25, 0.3) is 0 Å². The van der Waals surface area contributed by atoms with E-state index >= 15 is 0 Å². The van der Waals surface area contributed by atoms with Crippen LogP contribution in [-0.2, 0) is 14.8 Å². The molecular weight excluding hydrogens is 372 g/mol. The zero-order valence-corrected chi connectivity index (χ0v) is 18.3. The van der Waals surface area contributed by atoms with Gasteiger partial charge in [0.1, 0.15) is 6.04 Å². The van der Waals surface area contributed by atoms with Crippen LogP contribution in [-0.4, -0.2) is 26.6 Å². The maximum absolute atomic E-state index is 13.0. The van der Waals surface area contributed by atoms with Crippen LogP contribution in [0, 0.1) is 20.8 Å². The number of carbonyl (C=O) groups excluding carboxylic acids is 1. The topological polar surface area (TPSA) is 66.5 Å². The predicted octanol–water partition coefficient (Wildman–Crippen LogP) is 4.03. The lowest BCUT2D eigenvalue weighted by Gasteiger charge is -2.30. The summed E-state index contributed by atoms with van der Waals surface area (Å²) in [5.74, 6) is -0.322. The number of rotatable bonds is 7. The van der Waals surface area contributed by atoms with E-state index in [2.05, 4.69) is 5.32 Å². The van der Waals surface area contributed by atoms with Crippen LogP contribution in [0.3, 0.4) is 0 Å². The summed E-state index contributed by atoms with van der Waals surface area (Å²) in [6.07, 6.45) is 1.84. The molecule has 5 nitrogen and oxygen atoms in total. The zero-order valence-electron chi connectivity index (χ0n) is 17.5. The van der Waals surface area contributed by atoms with Crippen LogP contribution in [0.4, 0.5) is 5.69 Å². The van der Waals surface area contributed by atoms with Gasteiger partial charge >= 0.3 is 0 Å². The number of hydrogen-bond acceptors (Lipinski definition) is 3. The van der Waals surface area contributed by atoms with Gasteiger partial charge in [-0.3, -0.25) is 9.10 Å². The lowest BCUT2D eigenvalue weighted by atomic mass is 10.0. The van der Waals surface area contributed by atoms with Gasteiger partial charge in [-0.1, -0.05) is 42.8 Å². The molecule has 0 saturated carbocycles. The maximum atomic E-state index is 13.0. The highest BCUT2D eigenvalue weighted by Crippen LogP contribution is 2.25. The molecule has 0 aromatic heterocycles. The average molecular weight is 403 g/mol. The second kappa shape index (κ2) is 8.78. The lowest BCUT2D eigenvalue weighted by molar-refractivity contribution is -0.122. The number of anilines is 1. The molecule has 0 bridgehead atoms. The Morgan fingerprint density at radius 2 is 1.54 bits per heavy atom. The van der Waals surface area contributed by atoms with Crippen molar-refractivity contribution in [1.29, 1.82) is 0 Å². The normalized spacial score (nSPS) is 13.6. The molecule has 0 aliphatic rings. The molecule has 152 valence electrons. The number of sulfonamides is 1. The van der Waals surface area contributed by atoms with Crippen LogP contribution >= 0.6 is 0 Å². The third kappa shape index (κ3) is 5.35. The first-order valence-corrected chi connectivity index (χ1v) is 11.3. The van der Waals surface area contributed by atoms with Crippen LogP contribution in [0.5, 0.6) is 0 Å². The molecule has 6 heteroatoms. The summed E-state index contributed by atoms with van der Waals surface area (Å²) in [6.45, 7) is 9.45. The molecule has 0 aliphatic carbocycles. The quantitative estimate of drug-likeness (QED) is 0.760. The molecule has 0 heterocycles. The van der Waals surface area contributed by atoms with E-state index in [1.165, 1.54) is 4.31 Å². The van der Waals surface area contributed by atoms with E-state index in [1.54, 1.807) is 19.1 Å². The Labute approximate surface area is 168 Å². The van der Waals surface area contributed by atoms with Crippen LogP contribution in [0.2, 0.25) is 0 Å². The van der Waals surface area contributed by atoms with Crippen LogP contribution in [0.25, 0.3) is 0 Å². The third-order valence-corrected chi connectivity index (χ3v) is 6.00. The van der Waals surface area contributed by atoms with Gasteiger partial charge in [-0.15, -0.1) is 0 Å². The Morgan fingerprint density at radius 3 is 2.00 bits per heavy atom. The molecule has 0 unspecified atom stereocenters. The molecule has 0 aliphatic heterocycles. The van der Waals surface area contributed by atoms with E-state index in [9.17, 15) is 13.2 Å². The molecule has 2 rings (SSSR count). The molecule has 0 saturated heterocycles.